The molecule has 1 aliphatic rings. The fraction of sp³-hybridized carbons (Fsp3) is 0.625. The molecule has 112 valence electrons. The zero-order valence-corrected chi connectivity index (χ0v) is 13.9. The summed E-state index contributed by atoms with van der Waals surface area (Å²) in [6.07, 6.45) is 3.07. The molecule has 1 fully saturated rings. The van der Waals surface area contributed by atoms with Crippen LogP contribution in [0.2, 0.25) is 0 Å². The molecule has 1 saturated heterocycles. The first-order valence-corrected chi connectivity index (χ1v) is 8.28. The molecule has 4 heteroatoms. The number of benzene rings is 1. The molecular formula is C16H23BrO3. The minimum Gasteiger partial charge on any atom is -0.493 e. The van der Waals surface area contributed by atoms with Gasteiger partial charge < -0.3 is 14.2 Å². The normalized spacial score (nSPS) is 17.8. The standard InChI is InChI=1S/C16H23BrO3/c1-3-13-4-5-14(15(10-13)18-2)20-12-16(11-17)6-8-19-9-7-16/h4-5,10H,3,6-9,11-12H2,1-2H3. The van der Waals surface area contributed by atoms with Gasteiger partial charge in [0.2, 0.25) is 0 Å². The van der Waals surface area contributed by atoms with Gasteiger partial charge in [0.25, 0.3) is 0 Å². The molecule has 0 spiro atoms. The summed E-state index contributed by atoms with van der Waals surface area (Å²) < 4.78 is 16.9. The Labute approximate surface area is 129 Å². The number of aryl methyl sites for hydroxylation is 1. The minimum atomic E-state index is 0.173. The number of halogens is 1. The Kier molecular flexibility index (Phi) is 5.73. The lowest BCUT2D eigenvalue weighted by molar-refractivity contribution is 0.00314. The van der Waals surface area contributed by atoms with Gasteiger partial charge in [-0.1, -0.05) is 28.9 Å². The average Bonchev–Trinajstić information content (AvgIpc) is 2.53. The average molecular weight is 343 g/mol. The van der Waals surface area contributed by atoms with Crippen LogP contribution in [0.1, 0.15) is 25.3 Å². The lowest BCUT2D eigenvalue weighted by Gasteiger charge is -2.35. The fourth-order valence-electron chi connectivity index (χ4n) is 2.40. The summed E-state index contributed by atoms with van der Waals surface area (Å²) in [4.78, 5) is 0. The predicted molar refractivity (Wildman–Crippen MR) is 84.1 cm³/mol. The molecule has 0 unspecified atom stereocenters. The molecule has 1 heterocycles. The quantitative estimate of drug-likeness (QED) is 0.735. The molecule has 3 nitrogen and oxygen atoms in total. The Morgan fingerprint density at radius 2 is 2.00 bits per heavy atom. The fourth-order valence-corrected chi connectivity index (χ4v) is 3.13. The van der Waals surface area contributed by atoms with Gasteiger partial charge >= 0.3 is 0 Å². The molecule has 0 radical (unpaired) electrons. The second-order valence-electron chi connectivity index (χ2n) is 5.37. The third-order valence-corrected chi connectivity index (χ3v) is 5.20. The van der Waals surface area contributed by atoms with Crippen LogP contribution in [0, 0.1) is 5.41 Å². The molecule has 1 aromatic carbocycles. The highest BCUT2D eigenvalue weighted by Gasteiger charge is 2.32. The number of methoxy groups -OCH3 is 1. The van der Waals surface area contributed by atoms with Gasteiger partial charge in [-0.3, -0.25) is 0 Å². The van der Waals surface area contributed by atoms with Crippen LogP contribution >= 0.6 is 15.9 Å². The van der Waals surface area contributed by atoms with Crippen molar-refractivity contribution in [1.29, 1.82) is 0 Å². The van der Waals surface area contributed by atoms with E-state index < -0.39 is 0 Å². The van der Waals surface area contributed by atoms with Crippen molar-refractivity contribution in [2.45, 2.75) is 26.2 Å². The lowest BCUT2D eigenvalue weighted by Crippen LogP contribution is -2.36. The number of ether oxygens (including phenoxy) is 3. The Morgan fingerprint density at radius 1 is 1.25 bits per heavy atom. The van der Waals surface area contributed by atoms with Gasteiger partial charge in [-0.2, -0.15) is 0 Å². The second kappa shape index (κ2) is 7.32. The van der Waals surface area contributed by atoms with Crippen LogP contribution in [-0.4, -0.2) is 32.3 Å². The van der Waals surface area contributed by atoms with Gasteiger partial charge in [0, 0.05) is 24.0 Å². The Morgan fingerprint density at radius 3 is 2.60 bits per heavy atom. The van der Waals surface area contributed by atoms with Gasteiger partial charge in [0.1, 0.15) is 0 Å². The first kappa shape index (κ1) is 15.6. The maximum atomic E-state index is 6.05. The summed E-state index contributed by atoms with van der Waals surface area (Å²) in [5, 5.41) is 0.943. The second-order valence-corrected chi connectivity index (χ2v) is 5.93. The van der Waals surface area contributed by atoms with E-state index in [2.05, 4.69) is 35.0 Å². The summed E-state index contributed by atoms with van der Waals surface area (Å²) in [5.41, 5.74) is 1.43. The molecule has 0 atom stereocenters. The third kappa shape index (κ3) is 3.67. The van der Waals surface area contributed by atoms with Crippen molar-refractivity contribution in [2.75, 3.05) is 32.3 Å². The SMILES string of the molecule is CCc1ccc(OCC2(CBr)CCOCC2)c(OC)c1. The molecule has 1 aliphatic heterocycles. The van der Waals surface area contributed by atoms with Crippen LogP contribution < -0.4 is 9.47 Å². The van der Waals surface area contributed by atoms with Crippen molar-refractivity contribution < 1.29 is 14.2 Å². The molecule has 0 N–H and O–H groups in total. The zero-order valence-electron chi connectivity index (χ0n) is 12.3. The molecule has 2 rings (SSSR count). The van der Waals surface area contributed by atoms with Crippen molar-refractivity contribution in [3.8, 4) is 11.5 Å². The summed E-state index contributed by atoms with van der Waals surface area (Å²) in [5.74, 6) is 1.65. The number of hydrogen-bond acceptors (Lipinski definition) is 3. The van der Waals surface area contributed by atoms with Crippen molar-refractivity contribution in [3.05, 3.63) is 23.8 Å². The van der Waals surface area contributed by atoms with Crippen LogP contribution in [0.4, 0.5) is 0 Å². The van der Waals surface area contributed by atoms with Gasteiger partial charge in [0.05, 0.1) is 13.7 Å². The van der Waals surface area contributed by atoms with Crippen molar-refractivity contribution >= 4 is 15.9 Å². The van der Waals surface area contributed by atoms with Gasteiger partial charge in [-0.05, 0) is 37.0 Å². The summed E-state index contributed by atoms with van der Waals surface area (Å²) >= 11 is 3.63. The number of hydrogen-bond donors (Lipinski definition) is 0. The highest BCUT2D eigenvalue weighted by atomic mass is 79.9. The van der Waals surface area contributed by atoms with Crippen LogP contribution in [0.5, 0.6) is 11.5 Å². The maximum Gasteiger partial charge on any atom is 0.161 e. The van der Waals surface area contributed by atoms with E-state index in [4.69, 9.17) is 14.2 Å². The summed E-state index contributed by atoms with van der Waals surface area (Å²) in [6, 6.07) is 6.17. The molecule has 0 aliphatic carbocycles. The van der Waals surface area contributed by atoms with E-state index in [9.17, 15) is 0 Å². The summed E-state index contributed by atoms with van der Waals surface area (Å²) in [6.45, 7) is 4.47. The monoisotopic (exact) mass is 342 g/mol. The van der Waals surface area contributed by atoms with Gasteiger partial charge in [-0.25, -0.2) is 0 Å². The highest BCUT2D eigenvalue weighted by Crippen LogP contribution is 2.35. The van der Waals surface area contributed by atoms with E-state index in [1.165, 1.54) is 5.56 Å². The first-order valence-electron chi connectivity index (χ1n) is 7.16. The molecule has 0 aromatic heterocycles. The Hall–Kier alpha value is -0.740. The van der Waals surface area contributed by atoms with E-state index >= 15 is 0 Å². The third-order valence-electron chi connectivity index (χ3n) is 4.01. The van der Waals surface area contributed by atoms with E-state index in [1.54, 1.807) is 7.11 Å². The van der Waals surface area contributed by atoms with Crippen LogP contribution in [0.25, 0.3) is 0 Å². The van der Waals surface area contributed by atoms with Crippen molar-refractivity contribution in [1.82, 2.24) is 0 Å². The minimum absolute atomic E-state index is 0.173. The molecular weight excluding hydrogens is 320 g/mol. The molecule has 0 saturated carbocycles. The molecule has 1 aromatic rings. The summed E-state index contributed by atoms with van der Waals surface area (Å²) in [7, 11) is 1.69. The predicted octanol–water partition coefficient (Wildman–Crippen LogP) is 3.83. The number of rotatable bonds is 6. The van der Waals surface area contributed by atoms with E-state index in [0.717, 1.165) is 49.3 Å². The molecule has 0 bridgehead atoms. The molecule has 20 heavy (non-hydrogen) atoms. The van der Waals surface area contributed by atoms with E-state index in [-0.39, 0.29) is 5.41 Å². The van der Waals surface area contributed by atoms with Crippen LogP contribution in [0.15, 0.2) is 18.2 Å². The molecule has 0 amide bonds. The van der Waals surface area contributed by atoms with E-state index in [0.29, 0.717) is 6.61 Å². The topological polar surface area (TPSA) is 27.7 Å². The van der Waals surface area contributed by atoms with Crippen molar-refractivity contribution in [2.24, 2.45) is 5.41 Å². The Balaban J connectivity index is 2.05. The van der Waals surface area contributed by atoms with Crippen molar-refractivity contribution in [3.63, 3.8) is 0 Å². The van der Waals surface area contributed by atoms with Crippen LogP contribution in [-0.2, 0) is 11.2 Å². The zero-order chi connectivity index (χ0) is 14.4. The Bertz CT molecular complexity index is 428. The number of alkyl halides is 1. The lowest BCUT2D eigenvalue weighted by atomic mass is 9.83. The largest absolute Gasteiger partial charge is 0.493 e. The smallest absolute Gasteiger partial charge is 0.161 e. The maximum absolute atomic E-state index is 6.05. The van der Waals surface area contributed by atoms with Gasteiger partial charge in [0.15, 0.2) is 11.5 Å². The van der Waals surface area contributed by atoms with E-state index in [1.807, 2.05) is 6.07 Å². The van der Waals surface area contributed by atoms with Gasteiger partial charge in [-0.15, -0.1) is 0 Å². The van der Waals surface area contributed by atoms with Crippen LogP contribution in [0.3, 0.4) is 0 Å². The first-order chi connectivity index (χ1) is 9.73. The highest BCUT2D eigenvalue weighted by molar-refractivity contribution is 9.09.